The van der Waals surface area contributed by atoms with Crippen molar-refractivity contribution in [3.05, 3.63) is 47.3 Å². The molecule has 0 unspecified atom stereocenters. The molecule has 1 heterocycles. The van der Waals surface area contributed by atoms with Crippen molar-refractivity contribution < 1.29 is 13.2 Å². The number of rotatable bonds is 9. The number of carbonyl (C=O) groups excluding carboxylic acids is 1. The summed E-state index contributed by atoms with van der Waals surface area (Å²) in [5, 5.41) is 5.89. The molecule has 0 aliphatic heterocycles. The summed E-state index contributed by atoms with van der Waals surface area (Å²) in [7, 11) is -3.72. The fourth-order valence-electron chi connectivity index (χ4n) is 2.39. The van der Waals surface area contributed by atoms with Crippen molar-refractivity contribution in [2.24, 2.45) is 5.10 Å². The number of nitrogens with one attached hydrogen (secondary N) is 2. The number of sulfonamides is 1. The van der Waals surface area contributed by atoms with E-state index in [9.17, 15) is 13.2 Å². The Hall–Kier alpha value is -2.19. The molecule has 0 saturated heterocycles. The van der Waals surface area contributed by atoms with Crippen LogP contribution in [-0.4, -0.2) is 20.0 Å². The Balaban J connectivity index is 2.20. The predicted molar refractivity (Wildman–Crippen MR) is 106 cm³/mol. The zero-order chi connectivity index (χ0) is 19.0. The maximum atomic E-state index is 12.5. The summed E-state index contributed by atoms with van der Waals surface area (Å²) in [6.07, 6.45) is 3.54. The minimum Gasteiger partial charge on any atom is -0.278 e. The molecule has 0 saturated carbocycles. The molecule has 26 heavy (non-hydrogen) atoms. The molecular formula is C18H23N3O3S2. The third kappa shape index (κ3) is 5.40. The highest BCUT2D eigenvalue weighted by molar-refractivity contribution is 7.94. The number of hydrazone groups is 1. The van der Waals surface area contributed by atoms with E-state index in [-0.39, 0.29) is 15.5 Å². The van der Waals surface area contributed by atoms with Gasteiger partial charge in [-0.15, -0.1) is 11.3 Å². The van der Waals surface area contributed by atoms with Crippen LogP contribution in [0.25, 0.3) is 0 Å². The van der Waals surface area contributed by atoms with Crippen LogP contribution < -0.4 is 10.1 Å². The van der Waals surface area contributed by atoms with Gasteiger partial charge < -0.3 is 0 Å². The molecule has 2 N–H and O–H groups in total. The number of nitrogens with zero attached hydrogens (tertiary/aromatic N) is 1. The van der Waals surface area contributed by atoms with Crippen LogP contribution in [0.15, 0.2) is 51.1 Å². The summed E-state index contributed by atoms with van der Waals surface area (Å²) < 4.78 is 27.5. The van der Waals surface area contributed by atoms with Gasteiger partial charge in [-0.25, -0.2) is 13.8 Å². The van der Waals surface area contributed by atoms with Crippen molar-refractivity contribution in [3.63, 3.8) is 0 Å². The maximum Gasteiger partial charge on any atom is 0.273 e. The Morgan fingerprint density at radius 2 is 1.77 bits per heavy atom. The topological polar surface area (TPSA) is 87.6 Å². The van der Waals surface area contributed by atoms with E-state index >= 15 is 0 Å². The smallest absolute Gasteiger partial charge is 0.273 e. The molecule has 2 aromatic rings. The van der Waals surface area contributed by atoms with Gasteiger partial charge in [0, 0.05) is 5.71 Å². The molecule has 2 rings (SSSR count). The first-order valence-corrected chi connectivity index (χ1v) is 10.8. The molecule has 0 radical (unpaired) electrons. The number of thiophene rings is 1. The zero-order valence-electron chi connectivity index (χ0n) is 14.9. The highest BCUT2D eigenvalue weighted by Gasteiger charge is 2.19. The molecule has 0 bridgehead atoms. The Labute approximate surface area is 158 Å². The fraction of sp³-hybridized carbons (Fsp3) is 0.333. The molecule has 0 spiro atoms. The lowest BCUT2D eigenvalue weighted by Crippen LogP contribution is -2.22. The van der Waals surface area contributed by atoms with E-state index in [1.807, 2.05) is 0 Å². The summed E-state index contributed by atoms with van der Waals surface area (Å²) in [6, 6.07) is 9.66. The van der Waals surface area contributed by atoms with Gasteiger partial charge in [-0.1, -0.05) is 44.9 Å². The van der Waals surface area contributed by atoms with Gasteiger partial charge in [0.2, 0.25) is 0 Å². The van der Waals surface area contributed by atoms with Crippen molar-refractivity contribution in [2.45, 2.75) is 43.7 Å². The van der Waals surface area contributed by atoms with E-state index in [4.69, 9.17) is 0 Å². The van der Waals surface area contributed by atoms with Crippen LogP contribution >= 0.6 is 11.3 Å². The number of carbonyl (C=O) groups is 1. The second kappa shape index (κ2) is 9.49. The second-order valence-corrected chi connectivity index (χ2v) is 8.56. The number of amides is 1. The number of para-hydroxylation sites is 1. The molecule has 140 valence electrons. The quantitative estimate of drug-likeness (QED) is 0.493. The molecule has 1 aromatic carbocycles. The third-order valence-electron chi connectivity index (χ3n) is 3.57. The van der Waals surface area contributed by atoms with E-state index in [1.54, 1.807) is 35.7 Å². The number of benzene rings is 1. The fourth-order valence-corrected chi connectivity index (χ4v) is 4.46. The normalized spacial score (nSPS) is 11.0. The number of hydrogen-bond acceptors (Lipinski definition) is 5. The molecule has 0 fully saturated rings. The minimum absolute atomic E-state index is 0.193. The maximum absolute atomic E-state index is 12.5. The van der Waals surface area contributed by atoms with Crippen molar-refractivity contribution >= 4 is 38.7 Å². The summed E-state index contributed by atoms with van der Waals surface area (Å²) >= 11 is 1.12. The second-order valence-electron chi connectivity index (χ2n) is 5.70. The summed E-state index contributed by atoms with van der Waals surface area (Å²) in [4.78, 5) is 12.5. The van der Waals surface area contributed by atoms with Gasteiger partial charge in [0.15, 0.2) is 0 Å². The lowest BCUT2D eigenvalue weighted by Gasteiger charge is -2.11. The molecule has 1 amide bonds. The van der Waals surface area contributed by atoms with Crippen molar-refractivity contribution in [1.82, 2.24) is 5.43 Å². The highest BCUT2D eigenvalue weighted by Crippen LogP contribution is 2.22. The van der Waals surface area contributed by atoms with Gasteiger partial charge in [0.1, 0.15) is 4.21 Å². The lowest BCUT2D eigenvalue weighted by atomic mass is 10.1. The van der Waals surface area contributed by atoms with E-state index < -0.39 is 15.9 Å². The van der Waals surface area contributed by atoms with Gasteiger partial charge in [0.25, 0.3) is 15.9 Å². The van der Waals surface area contributed by atoms with E-state index in [1.165, 1.54) is 6.07 Å². The summed E-state index contributed by atoms with van der Waals surface area (Å²) in [5.74, 6) is -0.445. The first kappa shape index (κ1) is 20.1. The average Bonchev–Trinajstić information content (AvgIpc) is 3.15. The average molecular weight is 394 g/mol. The Morgan fingerprint density at radius 1 is 1.08 bits per heavy atom. The first-order valence-electron chi connectivity index (χ1n) is 8.49. The number of anilines is 1. The van der Waals surface area contributed by atoms with Crippen LogP contribution in [0.4, 0.5) is 5.69 Å². The number of hydrogen-bond donors (Lipinski definition) is 2. The van der Waals surface area contributed by atoms with Crippen molar-refractivity contribution in [2.75, 3.05) is 4.72 Å². The van der Waals surface area contributed by atoms with Crippen molar-refractivity contribution in [1.29, 1.82) is 0 Å². The molecule has 8 heteroatoms. The zero-order valence-corrected chi connectivity index (χ0v) is 16.5. The monoisotopic (exact) mass is 393 g/mol. The van der Waals surface area contributed by atoms with Crippen molar-refractivity contribution in [3.8, 4) is 0 Å². The van der Waals surface area contributed by atoms with Gasteiger partial charge >= 0.3 is 0 Å². The van der Waals surface area contributed by atoms with E-state index in [2.05, 4.69) is 29.1 Å². The highest BCUT2D eigenvalue weighted by atomic mass is 32.2. The van der Waals surface area contributed by atoms with Crippen LogP contribution in [0, 0.1) is 0 Å². The molecular weight excluding hydrogens is 370 g/mol. The predicted octanol–water partition coefficient (Wildman–Crippen LogP) is 4.23. The Kier molecular flexibility index (Phi) is 7.35. The van der Waals surface area contributed by atoms with Crippen LogP contribution in [-0.2, 0) is 10.0 Å². The molecule has 0 aliphatic carbocycles. The Bertz CT molecular complexity index is 852. The van der Waals surface area contributed by atoms with E-state index in [0.29, 0.717) is 0 Å². The molecule has 6 nitrogen and oxygen atoms in total. The minimum atomic E-state index is -3.72. The Morgan fingerprint density at radius 3 is 2.38 bits per heavy atom. The molecule has 0 aliphatic rings. The molecule has 1 aromatic heterocycles. The van der Waals surface area contributed by atoms with Gasteiger partial charge in [0.05, 0.1) is 11.3 Å². The largest absolute Gasteiger partial charge is 0.278 e. The lowest BCUT2D eigenvalue weighted by molar-refractivity contribution is 0.0955. The van der Waals surface area contributed by atoms with Crippen LogP contribution in [0.3, 0.4) is 0 Å². The summed E-state index contributed by atoms with van der Waals surface area (Å²) in [6.45, 7) is 4.11. The van der Waals surface area contributed by atoms with Gasteiger partial charge in [-0.2, -0.15) is 5.10 Å². The first-order chi connectivity index (χ1) is 12.5. The van der Waals surface area contributed by atoms with Gasteiger partial charge in [-0.05, 0) is 36.4 Å². The summed E-state index contributed by atoms with van der Waals surface area (Å²) in [5.41, 5.74) is 3.93. The van der Waals surface area contributed by atoms with Crippen LogP contribution in [0.1, 0.15) is 49.9 Å². The van der Waals surface area contributed by atoms with Crippen LogP contribution in [0.5, 0.6) is 0 Å². The SMILES string of the molecule is CCCC(CCC)=NNC(=O)c1ccccc1NS(=O)(=O)c1cccs1. The molecule has 0 atom stereocenters. The van der Waals surface area contributed by atoms with E-state index in [0.717, 1.165) is 42.7 Å². The standard InChI is InChI=1S/C18H23N3O3S2/c1-3-8-14(9-4-2)19-20-18(22)15-10-5-6-11-16(15)21-26(23,24)17-12-7-13-25-17/h5-7,10-13,21H,3-4,8-9H2,1-2H3,(H,20,22). The third-order valence-corrected chi connectivity index (χ3v) is 6.33. The van der Waals surface area contributed by atoms with Crippen LogP contribution in [0.2, 0.25) is 0 Å². The van der Waals surface area contributed by atoms with Gasteiger partial charge in [-0.3, -0.25) is 9.52 Å².